The molecular formula is C13H21N5O3. The maximum Gasteiger partial charge on any atom is 0.229 e. The van der Waals surface area contributed by atoms with E-state index in [-0.39, 0.29) is 0 Å². The van der Waals surface area contributed by atoms with Crippen molar-refractivity contribution in [3.05, 3.63) is 6.20 Å². The van der Waals surface area contributed by atoms with Crippen molar-refractivity contribution in [2.75, 3.05) is 45.4 Å². The summed E-state index contributed by atoms with van der Waals surface area (Å²) in [7, 11) is 1.64. The van der Waals surface area contributed by atoms with Gasteiger partial charge in [-0.15, -0.1) is 0 Å². The Bertz CT molecular complexity index is 546. The molecule has 0 spiro atoms. The molecule has 116 valence electrons. The van der Waals surface area contributed by atoms with Crippen molar-refractivity contribution >= 4 is 17.0 Å². The summed E-state index contributed by atoms with van der Waals surface area (Å²) in [6.45, 7) is 4.90. The molecule has 0 saturated carbocycles. The minimum absolute atomic E-state index is 0.411. The van der Waals surface area contributed by atoms with Gasteiger partial charge in [0.25, 0.3) is 0 Å². The predicted octanol–water partition coefficient (Wildman–Crippen LogP) is 1.22. The Kier molecular flexibility index (Phi) is 6.17. The van der Waals surface area contributed by atoms with Crippen LogP contribution in [0.2, 0.25) is 0 Å². The van der Waals surface area contributed by atoms with Gasteiger partial charge in [0.1, 0.15) is 12.0 Å². The van der Waals surface area contributed by atoms with Crippen molar-refractivity contribution in [3.8, 4) is 5.88 Å². The van der Waals surface area contributed by atoms with Crippen LogP contribution in [0.15, 0.2) is 6.20 Å². The summed E-state index contributed by atoms with van der Waals surface area (Å²) in [5.41, 5.74) is 0.652. The Balaban J connectivity index is 1.95. The van der Waals surface area contributed by atoms with Gasteiger partial charge in [0, 0.05) is 13.7 Å². The van der Waals surface area contributed by atoms with Crippen molar-refractivity contribution in [3.63, 3.8) is 0 Å². The van der Waals surface area contributed by atoms with E-state index in [0.717, 1.165) is 18.4 Å². The number of fused-ring (bicyclic) bond motifs is 1. The molecule has 0 atom stereocenters. The van der Waals surface area contributed by atoms with Gasteiger partial charge in [-0.2, -0.15) is 15.1 Å². The number of nitrogens with one attached hydrogen (secondary N) is 2. The summed E-state index contributed by atoms with van der Waals surface area (Å²) in [5.74, 6) is 1.03. The van der Waals surface area contributed by atoms with Crippen LogP contribution in [0.5, 0.6) is 5.88 Å². The Morgan fingerprint density at radius 1 is 1.19 bits per heavy atom. The van der Waals surface area contributed by atoms with E-state index in [1.54, 1.807) is 13.3 Å². The molecule has 0 fully saturated rings. The molecule has 0 saturated heterocycles. The second-order valence-corrected chi connectivity index (χ2v) is 4.37. The molecule has 0 aromatic carbocycles. The fourth-order valence-electron chi connectivity index (χ4n) is 1.68. The first kappa shape index (κ1) is 15.5. The number of hydrogen-bond acceptors (Lipinski definition) is 7. The van der Waals surface area contributed by atoms with Gasteiger partial charge in [-0.25, -0.2) is 0 Å². The summed E-state index contributed by atoms with van der Waals surface area (Å²) >= 11 is 0. The summed E-state index contributed by atoms with van der Waals surface area (Å²) in [4.78, 5) is 8.69. The van der Waals surface area contributed by atoms with Crippen LogP contribution in [0.1, 0.15) is 13.3 Å². The molecule has 0 radical (unpaired) electrons. The lowest BCUT2D eigenvalue weighted by Gasteiger charge is -2.09. The van der Waals surface area contributed by atoms with Crippen LogP contribution >= 0.6 is 0 Å². The van der Waals surface area contributed by atoms with E-state index in [2.05, 4.69) is 32.4 Å². The molecule has 2 heterocycles. The zero-order valence-corrected chi connectivity index (χ0v) is 12.4. The number of ether oxygens (including phenoxy) is 3. The zero-order chi connectivity index (χ0) is 14.9. The van der Waals surface area contributed by atoms with Gasteiger partial charge in [-0.05, 0) is 6.42 Å². The van der Waals surface area contributed by atoms with Crippen LogP contribution in [0, 0.1) is 0 Å². The molecule has 2 aromatic heterocycles. The van der Waals surface area contributed by atoms with Crippen molar-refractivity contribution in [2.45, 2.75) is 13.3 Å². The topological polar surface area (TPSA) is 94.2 Å². The van der Waals surface area contributed by atoms with Crippen LogP contribution in [0.4, 0.5) is 5.95 Å². The highest BCUT2D eigenvalue weighted by Crippen LogP contribution is 2.21. The monoisotopic (exact) mass is 295 g/mol. The average Bonchev–Trinajstić information content (AvgIpc) is 2.97. The first-order chi connectivity index (χ1) is 10.3. The third-order valence-electron chi connectivity index (χ3n) is 2.71. The highest BCUT2D eigenvalue weighted by atomic mass is 16.5. The van der Waals surface area contributed by atoms with Crippen LogP contribution in [-0.4, -0.2) is 60.2 Å². The minimum atomic E-state index is 0.411. The summed E-state index contributed by atoms with van der Waals surface area (Å²) in [5, 5.41) is 10.7. The van der Waals surface area contributed by atoms with E-state index in [4.69, 9.17) is 14.2 Å². The standard InChI is InChI=1S/C13H21N5O3/c1-3-4-14-13-16-11-10(9-15-18-11)12(17-13)21-8-7-20-6-5-19-2/h9H,3-8H2,1-2H3,(H2,14,15,16,17,18). The molecule has 0 amide bonds. The molecule has 0 aliphatic carbocycles. The highest BCUT2D eigenvalue weighted by Gasteiger charge is 2.10. The van der Waals surface area contributed by atoms with Gasteiger partial charge in [0.2, 0.25) is 11.8 Å². The fourth-order valence-corrected chi connectivity index (χ4v) is 1.68. The molecule has 8 nitrogen and oxygen atoms in total. The third-order valence-corrected chi connectivity index (χ3v) is 2.71. The summed E-state index contributed by atoms with van der Waals surface area (Å²) in [6, 6.07) is 0. The summed E-state index contributed by atoms with van der Waals surface area (Å²) in [6.07, 6.45) is 2.65. The van der Waals surface area contributed by atoms with Gasteiger partial charge in [-0.1, -0.05) is 6.92 Å². The second kappa shape index (κ2) is 8.38. The van der Waals surface area contributed by atoms with Gasteiger partial charge in [0.05, 0.1) is 26.0 Å². The van der Waals surface area contributed by atoms with E-state index in [9.17, 15) is 0 Å². The second-order valence-electron chi connectivity index (χ2n) is 4.37. The SMILES string of the molecule is CCCNc1nc(OCCOCCOC)c2cn[nH]c2n1. The number of aromatic amines is 1. The largest absolute Gasteiger partial charge is 0.475 e. The average molecular weight is 295 g/mol. The smallest absolute Gasteiger partial charge is 0.229 e. The van der Waals surface area contributed by atoms with Crippen LogP contribution in [0.3, 0.4) is 0 Å². The maximum atomic E-state index is 5.66. The number of anilines is 1. The van der Waals surface area contributed by atoms with Crippen molar-refractivity contribution in [1.29, 1.82) is 0 Å². The molecule has 0 aliphatic rings. The lowest BCUT2D eigenvalue weighted by Crippen LogP contribution is -2.12. The normalized spacial score (nSPS) is 11.0. The van der Waals surface area contributed by atoms with Gasteiger partial charge >= 0.3 is 0 Å². The van der Waals surface area contributed by atoms with E-state index in [1.165, 1.54) is 0 Å². The first-order valence-corrected chi connectivity index (χ1v) is 6.99. The predicted molar refractivity (Wildman–Crippen MR) is 78.7 cm³/mol. The molecular weight excluding hydrogens is 274 g/mol. The number of aromatic nitrogens is 4. The molecule has 0 unspecified atom stereocenters. The number of nitrogens with zero attached hydrogens (tertiary/aromatic N) is 3. The van der Waals surface area contributed by atoms with Gasteiger partial charge < -0.3 is 19.5 Å². The molecule has 21 heavy (non-hydrogen) atoms. The van der Waals surface area contributed by atoms with Gasteiger partial charge in [-0.3, -0.25) is 5.10 Å². The van der Waals surface area contributed by atoms with Gasteiger partial charge in [0.15, 0.2) is 5.65 Å². The molecule has 2 rings (SSSR count). The highest BCUT2D eigenvalue weighted by molar-refractivity contribution is 5.80. The Morgan fingerprint density at radius 2 is 2.05 bits per heavy atom. The maximum absolute atomic E-state index is 5.66. The Morgan fingerprint density at radius 3 is 2.86 bits per heavy atom. The molecule has 8 heteroatoms. The molecule has 0 aliphatic heterocycles. The number of hydrogen-bond donors (Lipinski definition) is 2. The molecule has 2 N–H and O–H groups in total. The van der Waals surface area contributed by atoms with Crippen LogP contribution in [0.25, 0.3) is 11.0 Å². The molecule has 0 bridgehead atoms. The molecule has 2 aromatic rings. The van der Waals surface area contributed by atoms with Crippen molar-refractivity contribution in [2.24, 2.45) is 0 Å². The van der Waals surface area contributed by atoms with Crippen LogP contribution in [-0.2, 0) is 9.47 Å². The number of rotatable bonds is 10. The fraction of sp³-hybridized carbons (Fsp3) is 0.615. The quantitative estimate of drug-likeness (QED) is 0.636. The first-order valence-electron chi connectivity index (χ1n) is 6.99. The minimum Gasteiger partial charge on any atom is -0.475 e. The van der Waals surface area contributed by atoms with E-state index in [0.29, 0.717) is 43.9 Å². The third kappa shape index (κ3) is 4.54. The lowest BCUT2D eigenvalue weighted by molar-refractivity contribution is 0.0540. The summed E-state index contributed by atoms with van der Waals surface area (Å²) < 4.78 is 15.9. The van der Waals surface area contributed by atoms with E-state index >= 15 is 0 Å². The Labute approximate surface area is 123 Å². The van der Waals surface area contributed by atoms with Crippen molar-refractivity contribution < 1.29 is 14.2 Å². The van der Waals surface area contributed by atoms with Crippen LogP contribution < -0.4 is 10.1 Å². The van der Waals surface area contributed by atoms with Crippen molar-refractivity contribution in [1.82, 2.24) is 20.2 Å². The number of H-pyrrole nitrogens is 1. The van der Waals surface area contributed by atoms with E-state index < -0.39 is 0 Å². The zero-order valence-electron chi connectivity index (χ0n) is 12.4. The van der Waals surface area contributed by atoms with E-state index in [1.807, 2.05) is 0 Å². The Hall–Kier alpha value is -1.93. The lowest BCUT2D eigenvalue weighted by atomic mass is 10.4. The number of methoxy groups -OCH3 is 1.